The van der Waals surface area contributed by atoms with Gasteiger partial charge in [0.05, 0.1) is 5.60 Å². The Bertz CT molecular complexity index is 574. The third-order valence-electron chi connectivity index (χ3n) is 4.15. The van der Waals surface area contributed by atoms with Crippen LogP contribution in [0.4, 0.5) is 0 Å². The summed E-state index contributed by atoms with van der Waals surface area (Å²) in [6.07, 6.45) is 2.90. The zero-order valence-electron chi connectivity index (χ0n) is 11.4. The van der Waals surface area contributed by atoms with Crippen molar-refractivity contribution in [2.75, 3.05) is 6.16 Å². The molecule has 1 fully saturated rings. The molecule has 1 aliphatic rings. The van der Waals surface area contributed by atoms with Crippen LogP contribution < -0.4 is 10.6 Å². The smallest absolute Gasteiger partial charge is 0.146 e. The molecule has 3 heteroatoms. The molecule has 104 valence electrons. The molecule has 0 atom stereocenters. The molecule has 0 amide bonds. The minimum absolute atomic E-state index is 0.355. The first-order chi connectivity index (χ1) is 9.62. The van der Waals surface area contributed by atoms with Crippen LogP contribution in [-0.4, -0.2) is 16.9 Å². The van der Waals surface area contributed by atoms with E-state index < -0.39 is 12.7 Å². The normalized spacial score (nSPS) is 17.4. The van der Waals surface area contributed by atoms with E-state index in [0.717, 1.165) is 29.9 Å². The van der Waals surface area contributed by atoms with Crippen LogP contribution in [-0.2, 0) is 4.57 Å². The molecule has 0 aromatic heterocycles. The van der Waals surface area contributed by atoms with E-state index >= 15 is 0 Å². The van der Waals surface area contributed by atoms with E-state index in [0.29, 0.717) is 6.16 Å². The van der Waals surface area contributed by atoms with Crippen molar-refractivity contribution in [3.05, 3.63) is 60.7 Å². The van der Waals surface area contributed by atoms with Gasteiger partial charge in [0.2, 0.25) is 0 Å². The highest BCUT2D eigenvalue weighted by molar-refractivity contribution is 7.78. The van der Waals surface area contributed by atoms with Crippen molar-refractivity contribution in [3.8, 4) is 0 Å². The third-order valence-corrected chi connectivity index (χ3v) is 7.45. The predicted molar refractivity (Wildman–Crippen MR) is 83.4 cm³/mol. The molecule has 0 spiro atoms. The first-order valence-corrected chi connectivity index (χ1v) is 8.94. The van der Waals surface area contributed by atoms with Crippen LogP contribution in [0.3, 0.4) is 0 Å². The van der Waals surface area contributed by atoms with Crippen molar-refractivity contribution in [1.29, 1.82) is 0 Å². The number of rotatable bonds is 4. The highest BCUT2D eigenvalue weighted by atomic mass is 31.2. The zero-order chi connectivity index (χ0) is 14.1. The molecule has 2 nitrogen and oxygen atoms in total. The molecule has 20 heavy (non-hydrogen) atoms. The van der Waals surface area contributed by atoms with Crippen molar-refractivity contribution in [3.63, 3.8) is 0 Å². The summed E-state index contributed by atoms with van der Waals surface area (Å²) in [6, 6.07) is 19.2. The number of aliphatic hydroxyl groups is 1. The molecule has 2 aromatic rings. The van der Waals surface area contributed by atoms with Crippen LogP contribution in [0.2, 0.25) is 0 Å². The molecule has 2 aromatic carbocycles. The second-order valence-corrected chi connectivity index (χ2v) is 8.48. The molecule has 0 saturated heterocycles. The maximum absolute atomic E-state index is 13.7. The first-order valence-electron chi connectivity index (χ1n) is 7.05. The van der Waals surface area contributed by atoms with Crippen LogP contribution in [0, 0.1) is 0 Å². The van der Waals surface area contributed by atoms with Gasteiger partial charge in [-0.25, -0.2) is 0 Å². The van der Waals surface area contributed by atoms with E-state index in [4.69, 9.17) is 0 Å². The summed E-state index contributed by atoms with van der Waals surface area (Å²) >= 11 is 0. The summed E-state index contributed by atoms with van der Waals surface area (Å²) in [5, 5.41) is 12.2. The van der Waals surface area contributed by atoms with Crippen LogP contribution in [0.25, 0.3) is 0 Å². The monoisotopic (exact) mass is 286 g/mol. The van der Waals surface area contributed by atoms with Gasteiger partial charge in [0.25, 0.3) is 0 Å². The van der Waals surface area contributed by atoms with E-state index in [1.54, 1.807) is 0 Å². The summed E-state index contributed by atoms with van der Waals surface area (Å²) in [7, 11) is -2.76. The van der Waals surface area contributed by atoms with E-state index in [-0.39, 0.29) is 0 Å². The Morgan fingerprint density at radius 1 is 0.900 bits per heavy atom. The summed E-state index contributed by atoms with van der Waals surface area (Å²) < 4.78 is 13.7. The van der Waals surface area contributed by atoms with Crippen molar-refractivity contribution >= 4 is 17.8 Å². The van der Waals surface area contributed by atoms with Gasteiger partial charge in [-0.05, 0) is 19.3 Å². The minimum atomic E-state index is -2.76. The molecule has 1 N–H and O–H groups in total. The minimum Gasteiger partial charge on any atom is -0.389 e. The molecule has 1 aliphatic carbocycles. The Labute approximate surface area is 119 Å². The molecule has 0 bridgehead atoms. The lowest BCUT2D eigenvalue weighted by molar-refractivity contribution is -0.0114. The molecule has 0 aliphatic heterocycles. The number of hydrogen-bond acceptors (Lipinski definition) is 2. The van der Waals surface area contributed by atoms with Gasteiger partial charge >= 0.3 is 0 Å². The number of hydrogen-bond donors (Lipinski definition) is 1. The second-order valence-electron chi connectivity index (χ2n) is 5.65. The van der Waals surface area contributed by atoms with Crippen molar-refractivity contribution in [2.45, 2.75) is 24.9 Å². The van der Waals surface area contributed by atoms with Gasteiger partial charge in [-0.1, -0.05) is 60.7 Å². The second kappa shape index (κ2) is 5.20. The Balaban J connectivity index is 2.06. The quantitative estimate of drug-likeness (QED) is 0.877. The summed E-state index contributed by atoms with van der Waals surface area (Å²) in [5.74, 6) is 0. The van der Waals surface area contributed by atoms with Gasteiger partial charge in [0.1, 0.15) is 7.14 Å². The molecule has 1 saturated carbocycles. The fourth-order valence-corrected chi connectivity index (χ4v) is 5.94. The first kappa shape index (κ1) is 13.6. The van der Waals surface area contributed by atoms with Crippen LogP contribution >= 0.6 is 7.14 Å². The molecular weight excluding hydrogens is 267 g/mol. The highest BCUT2D eigenvalue weighted by Gasteiger charge is 2.42. The molecule has 0 heterocycles. The third kappa shape index (κ3) is 2.46. The lowest BCUT2D eigenvalue weighted by Gasteiger charge is -2.39. The molecule has 0 radical (unpaired) electrons. The van der Waals surface area contributed by atoms with Gasteiger partial charge in [0, 0.05) is 16.8 Å². The summed E-state index contributed by atoms with van der Waals surface area (Å²) in [5.41, 5.74) is -0.749. The fourth-order valence-electron chi connectivity index (χ4n) is 2.83. The Morgan fingerprint density at radius 2 is 1.35 bits per heavy atom. The van der Waals surface area contributed by atoms with E-state index in [9.17, 15) is 9.67 Å². The highest BCUT2D eigenvalue weighted by Crippen LogP contribution is 2.50. The fraction of sp³-hybridized carbons (Fsp3) is 0.294. The van der Waals surface area contributed by atoms with Crippen molar-refractivity contribution in [2.24, 2.45) is 0 Å². The van der Waals surface area contributed by atoms with Gasteiger partial charge in [-0.15, -0.1) is 0 Å². The topological polar surface area (TPSA) is 37.3 Å². The van der Waals surface area contributed by atoms with E-state index in [1.807, 2.05) is 60.7 Å². The van der Waals surface area contributed by atoms with Crippen LogP contribution in [0.15, 0.2) is 60.7 Å². The average Bonchev–Trinajstić information content (AvgIpc) is 2.47. The average molecular weight is 286 g/mol. The van der Waals surface area contributed by atoms with Crippen LogP contribution in [0.5, 0.6) is 0 Å². The summed E-state index contributed by atoms with van der Waals surface area (Å²) in [6.45, 7) is 0. The predicted octanol–water partition coefficient (Wildman–Crippen LogP) is 2.92. The number of benzene rings is 2. The lowest BCUT2D eigenvalue weighted by Crippen LogP contribution is -2.43. The molecule has 3 rings (SSSR count). The largest absolute Gasteiger partial charge is 0.389 e. The van der Waals surface area contributed by atoms with Crippen molar-refractivity contribution in [1.82, 2.24) is 0 Å². The maximum atomic E-state index is 13.7. The Kier molecular flexibility index (Phi) is 3.54. The van der Waals surface area contributed by atoms with Gasteiger partial charge < -0.3 is 9.67 Å². The van der Waals surface area contributed by atoms with Crippen LogP contribution in [0.1, 0.15) is 19.3 Å². The molecule has 0 unspecified atom stereocenters. The van der Waals surface area contributed by atoms with E-state index in [1.165, 1.54) is 0 Å². The standard InChI is InChI=1S/C17H19O2P/c18-17(12-7-13-17)14-20(19,15-8-3-1-4-9-15)16-10-5-2-6-11-16/h1-6,8-11,18H,7,12-14H2. The SMILES string of the molecule is O=P(CC1(O)CCC1)(c1ccccc1)c1ccccc1. The zero-order valence-corrected chi connectivity index (χ0v) is 12.3. The maximum Gasteiger partial charge on any atom is 0.146 e. The molecular formula is C17H19O2P. The van der Waals surface area contributed by atoms with Gasteiger partial charge in [0.15, 0.2) is 0 Å². The van der Waals surface area contributed by atoms with Crippen molar-refractivity contribution < 1.29 is 9.67 Å². The van der Waals surface area contributed by atoms with Gasteiger partial charge in [-0.2, -0.15) is 0 Å². The Morgan fingerprint density at radius 3 is 1.70 bits per heavy atom. The lowest BCUT2D eigenvalue weighted by atomic mass is 9.82. The summed E-state index contributed by atoms with van der Waals surface area (Å²) in [4.78, 5) is 0. The van der Waals surface area contributed by atoms with Gasteiger partial charge in [-0.3, -0.25) is 0 Å². The Hall–Kier alpha value is -1.37. The van der Waals surface area contributed by atoms with E-state index in [2.05, 4.69) is 0 Å².